The quantitative estimate of drug-likeness (QED) is 0.895. The molecule has 0 fully saturated rings. The van der Waals surface area contributed by atoms with Crippen LogP contribution in [0.2, 0.25) is 0 Å². The van der Waals surface area contributed by atoms with E-state index in [9.17, 15) is 18.0 Å². The van der Waals surface area contributed by atoms with Crippen LogP contribution in [0.25, 0.3) is 0 Å². The summed E-state index contributed by atoms with van der Waals surface area (Å²) in [6.07, 6.45) is -5.28. The van der Waals surface area contributed by atoms with Crippen LogP contribution in [0.4, 0.5) is 18.9 Å². The maximum atomic E-state index is 12.2. The van der Waals surface area contributed by atoms with Gasteiger partial charge in [-0.1, -0.05) is 12.1 Å². The van der Waals surface area contributed by atoms with Gasteiger partial charge in [-0.15, -0.1) is 12.4 Å². The van der Waals surface area contributed by atoms with Gasteiger partial charge < -0.3 is 11.1 Å². The summed E-state index contributed by atoms with van der Waals surface area (Å²) in [6, 6.07) is 4.90. The van der Waals surface area contributed by atoms with Crippen molar-refractivity contribution in [2.75, 3.05) is 5.32 Å². The van der Waals surface area contributed by atoms with Gasteiger partial charge in [0.1, 0.15) is 0 Å². The van der Waals surface area contributed by atoms with Crippen LogP contribution in [0, 0.1) is 0 Å². The number of hydrogen-bond acceptors (Lipinski definition) is 2. The zero-order valence-corrected chi connectivity index (χ0v) is 10.4. The SMILES string of the molecule is C[C@H](N)C(=O)Nc1cccc(CC(F)(F)F)c1.Cl. The molecule has 0 spiro atoms. The van der Waals surface area contributed by atoms with E-state index in [-0.39, 0.29) is 18.0 Å². The Bertz CT molecular complexity index is 408. The summed E-state index contributed by atoms with van der Waals surface area (Å²) in [4.78, 5) is 11.3. The number of carbonyl (C=O) groups excluding carboxylic acids is 1. The van der Waals surface area contributed by atoms with Crippen LogP contribution in [-0.2, 0) is 11.2 Å². The second kappa shape index (κ2) is 6.61. The summed E-state index contributed by atoms with van der Waals surface area (Å²) in [5.41, 5.74) is 5.74. The number of nitrogens with one attached hydrogen (secondary N) is 1. The first-order chi connectivity index (χ1) is 7.78. The van der Waals surface area contributed by atoms with Crippen molar-refractivity contribution < 1.29 is 18.0 Å². The summed E-state index contributed by atoms with van der Waals surface area (Å²) >= 11 is 0. The largest absolute Gasteiger partial charge is 0.393 e. The molecule has 7 heteroatoms. The lowest BCUT2D eigenvalue weighted by Gasteiger charge is -2.10. The second-order valence-corrected chi connectivity index (χ2v) is 3.77. The number of benzene rings is 1. The third kappa shape index (κ3) is 5.88. The third-order valence-corrected chi connectivity index (χ3v) is 2.01. The molecule has 0 saturated heterocycles. The first kappa shape index (κ1) is 16.7. The fourth-order valence-corrected chi connectivity index (χ4v) is 1.25. The molecule has 0 unspecified atom stereocenters. The van der Waals surface area contributed by atoms with Gasteiger partial charge in [0, 0.05) is 5.69 Å². The van der Waals surface area contributed by atoms with Gasteiger partial charge in [-0.3, -0.25) is 4.79 Å². The number of hydrogen-bond donors (Lipinski definition) is 2. The molecule has 0 bridgehead atoms. The van der Waals surface area contributed by atoms with Gasteiger partial charge in [-0.25, -0.2) is 0 Å². The predicted molar refractivity (Wildman–Crippen MR) is 65.7 cm³/mol. The predicted octanol–water partition coefficient (Wildman–Crippen LogP) is 2.50. The molecule has 1 aromatic carbocycles. The zero-order valence-electron chi connectivity index (χ0n) is 9.62. The highest BCUT2D eigenvalue weighted by molar-refractivity contribution is 5.94. The van der Waals surface area contributed by atoms with E-state index in [1.165, 1.54) is 31.2 Å². The molecule has 0 aliphatic heterocycles. The molecule has 1 atom stereocenters. The van der Waals surface area contributed by atoms with Crippen molar-refractivity contribution in [3.63, 3.8) is 0 Å². The van der Waals surface area contributed by atoms with Crippen molar-refractivity contribution in [1.82, 2.24) is 0 Å². The van der Waals surface area contributed by atoms with E-state index < -0.39 is 24.5 Å². The fraction of sp³-hybridized carbons (Fsp3) is 0.364. The molecule has 18 heavy (non-hydrogen) atoms. The van der Waals surface area contributed by atoms with Crippen molar-refractivity contribution in [1.29, 1.82) is 0 Å². The molecule has 0 heterocycles. The first-order valence-corrected chi connectivity index (χ1v) is 5.00. The van der Waals surface area contributed by atoms with Crippen LogP contribution in [0.5, 0.6) is 0 Å². The number of anilines is 1. The van der Waals surface area contributed by atoms with Gasteiger partial charge >= 0.3 is 6.18 Å². The van der Waals surface area contributed by atoms with E-state index in [4.69, 9.17) is 5.73 Å². The average molecular weight is 283 g/mol. The number of nitrogens with two attached hydrogens (primary N) is 1. The van der Waals surface area contributed by atoms with Crippen LogP contribution in [0.3, 0.4) is 0 Å². The lowest BCUT2D eigenvalue weighted by atomic mass is 10.1. The fourth-order valence-electron chi connectivity index (χ4n) is 1.25. The summed E-state index contributed by atoms with van der Waals surface area (Å²) in [7, 11) is 0. The van der Waals surface area contributed by atoms with E-state index in [1.807, 2.05) is 0 Å². The second-order valence-electron chi connectivity index (χ2n) is 3.77. The van der Waals surface area contributed by atoms with Gasteiger partial charge in [-0.05, 0) is 24.6 Å². The number of halogens is 4. The molecule has 3 N–H and O–H groups in total. The third-order valence-electron chi connectivity index (χ3n) is 2.01. The van der Waals surface area contributed by atoms with Crippen LogP contribution < -0.4 is 11.1 Å². The first-order valence-electron chi connectivity index (χ1n) is 5.00. The van der Waals surface area contributed by atoms with Gasteiger partial charge in [0.15, 0.2) is 0 Å². The maximum Gasteiger partial charge on any atom is 0.393 e. The maximum absolute atomic E-state index is 12.2. The molecule has 0 aliphatic rings. The monoisotopic (exact) mass is 282 g/mol. The summed E-state index contributed by atoms with van der Waals surface area (Å²) in [5, 5.41) is 2.44. The molecule has 0 saturated carbocycles. The van der Waals surface area contributed by atoms with Crippen LogP contribution in [0.15, 0.2) is 24.3 Å². The van der Waals surface area contributed by atoms with E-state index in [0.717, 1.165) is 0 Å². The van der Waals surface area contributed by atoms with Crippen molar-refractivity contribution in [2.24, 2.45) is 5.73 Å². The van der Waals surface area contributed by atoms with Gasteiger partial charge in [-0.2, -0.15) is 13.2 Å². The van der Waals surface area contributed by atoms with Crippen LogP contribution in [-0.4, -0.2) is 18.1 Å². The van der Waals surface area contributed by atoms with E-state index >= 15 is 0 Å². The van der Waals surface area contributed by atoms with Crippen molar-refractivity contribution in [2.45, 2.75) is 25.6 Å². The van der Waals surface area contributed by atoms with Gasteiger partial charge in [0.25, 0.3) is 0 Å². The Morgan fingerprint density at radius 2 is 2.06 bits per heavy atom. The Kier molecular flexibility index (Phi) is 6.14. The minimum absolute atomic E-state index is 0. The standard InChI is InChI=1S/C11H13F3N2O.ClH/c1-7(15)10(17)16-9-4-2-3-8(5-9)6-11(12,13)14;/h2-5,7H,6,15H2,1H3,(H,16,17);1H/t7-;/m0./s1. The van der Waals surface area contributed by atoms with Crippen LogP contribution in [0.1, 0.15) is 12.5 Å². The van der Waals surface area contributed by atoms with Gasteiger partial charge in [0.05, 0.1) is 12.5 Å². The molecule has 1 aromatic rings. The highest BCUT2D eigenvalue weighted by atomic mass is 35.5. The average Bonchev–Trinajstić information content (AvgIpc) is 2.15. The Labute approximate surface area is 109 Å². The molecule has 0 aliphatic carbocycles. The van der Waals surface area contributed by atoms with E-state index in [0.29, 0.717) is 5.69 Å². The Balaban J connectivity index is 0.00000289. The summed E-state index contributed by atoms with van der Waals surface area (Å²) in [6.45, 7) is 1.49. The molecule has 0 radical (unpaired) electrons. The zero-order chi connectivity index (χ0) is 13.1. The summed E-state index contributed by atoms with van der Waals surface area (Å²) in [5.74, 6) is -0.436. The van der Waals surface area contributed by atoms with Crippen molar-refractivity contribution >= 4 is 24.0 Å². The number of amides is 1. The van der Waals surface area contributed by atoms with Crippen molar-refractivity contribution in [3.05, 3.63) is 29.8 Å². The molecule has 1 amide bonds. The molecule has 1 rings (SSSR count). The number of alkyl halides is 3. The summed E-state index contributed by atoms with van der Waals surface area (Å²) < 4.78 is 36.5. The topological polar surface area (TPSA) is 55.1 Å². The Hall–Kier alpha value is -1.27. The van der Waals surface area contributed by atoms with Crippen LogP contribution >= 0.6 is 12.4 Å². The molecule has 102 valence electrons. The minimum Gasteiger partial charge on any atom is -0.325 e. The van der Waals surface area contributed by atoms with Crippen molar-refractivity contribution in [3.8, 4) is 0 Å². The normalized spacial score (nSPS) is 12.5. The molecule has 3 nitrogen and oxygen atoms in total. The van der Waals surface area contributed by atoms with Gasteiger partial charge in [0.2, 0.25) is 5.91 Å². The molecule has 0 aromatic heterocycles. The highest BCUT2D eigenvalue weighted by Crippen LogP contribution is 2.22. The number of rotatable bonds is 3. The smallest absolute Gasteiger partial charge is 0.325 e. The Morgan fingerprint density at radius 3 is 2.56 bits per heavy atom. The number of carbonyl (C=O) groups is 1. The minimum atomic E-state index is -4.26. The lowest BCUT2D eigenvalue weighted by molar-refractivity contribution is -0.127. The molecular weight excluding hydrogens is 269 g/mol. The molecular formula is C11H14ClF3N2O. The van der Waals surface area contributed by atoms with E-state index in [2.05, 4.69) is 5.32 Å². The lowest BCUT2D eigenvalue weighted by Crippen LogP contribution is -2.32. The Morgan fingerprint density at radius 1 is 1.44 bits per heavy atom. The highest BCUT2D eigenvalue weighted by Gasteiger charge is 2.27. The van der Waals surface area contributed by atoms with E-state index in [1.54, 1.807) is 0 Å².